The molecule has 0 fully saturated rings. The quantitative estimate of drug-likeness (QED) is 0.627. The number of amides is 2. The van der Waals surface area contributed by atoms with Gasteiger partial charge in [-0.3, -0.25) is 9.59 Å². The van der Waals surface area contributed by atoms with Crippen LogP contribution in [0.15, 0.2) is 72.8 Å². The molecular formula is C27H26N2O4. The second-order valence-corrected chi connectivity index (χ2v) is 8.31. The summed E-state index contributed by atoms with van der Waals surface area (Å²) in [4.78, 5) is 27.6. The molecule has 33 heavy (non-hydrogen) atoms. The van der Waals surface area contributed by atoms with Gasteiger partial charge in [-0.2, -0.15) is 0 Å². The highest BCUT2D eigenvalue weighted by Gasteiger charge is 2.31. The van der Waals surface area contributed by atoms with E-state index in [0.29, 0.717) is 24.6 Å². The van der Waals surface area contributed by atoms with Gasteiger partial charge in [-0.25, -0.2) is 0 Å². The van der Waals surface area contributed by atoms with Crippen molar-refractivity contribution in [2.45, 2.75) is 31.8 Å². The van der Waals surface area contributed by atoms with E-state index < -0.39 is 0 Å². The Balaban J connectivity index is 1.22. The Morgan fingerprint density at radius 3 is 2.58 bits per heavy atom. The molecule has 0 spiro atoms. The maximum Gasteiger partial charge on any atom is 0.231 e. The lowest BCUT2D eigenvalue weighted by Gasteiger charge is -2.38. The lowest BCUT2D eigenvalue weighted by molar-refractivity contribution is -0.135. The number of hydrogen-bond donors (Lipinski definition) is 1. The zero-order chi connectivity index (χ0) is 22.6. The highest BCUT2D eigenvalue weighted by atomic mass is 16.7. The normalized spacial score (nSPS) is 16.2. The zero-order valence-corrected chi connectivity index (χ0v) is 18.3. The lowest BCUT2D eigenvalue weighted by Crippen LogP contribution is -2.41. The Morgan fingerprint density at radius 1 is 0.909 bits per heavy atom. The van der Waals surface area contributed by atoms with Crippen LogP contribution in [0.3, 0.4) is 0 Å². The Bertz CT molecular complexity index is 1160. The molecule has 168 valence electrons. The lowest BCUT2D eigenvalue weighted by atomic mass is 9.88. The van der Waals surface area contributed by atoms with Crippen molar-refractivity contribution in [2.24, 2.45) is 0 Å². The summed E-state index contributed by atoms with van der Waals surface area (Å²) in [6.45, 7) is 1.25. The Morgan fingerprint density at radius 2 is 1.70 bits per heavy atom. The van der Waals surface area contributed by atoms with Crippen molar-refractivity contribution in [3.8, 4) is 11.5 Å². The molecule has 0 bridgehead atoms. The van der Waals surface area contributed by atoms with E-state index in [1.165, 1.54) is 5.56 Å². The third kappa shape index (κ3) is 4.55. The van der Waals surface area contributed by atoms with Gasteiger partial charge in [0.15, 0.2) is 11.5 Å². The van der Waals surface area contributed by atoms with Crippen molar-refractivity contribution >= 4 is 11.8 Å². The number of fused-ring (bicyclic) bond motifs is 2. The van der Waals surface area contributed by atoms with Crippen LogP contribution in [-0.4, -0.2) is 30.1 Å². The Labute approximate surface area is 193 Å². The van der Waals surface area contributed by atoms with Gasteiger partial charge in [-0.15, -0.1) is 0 Å². The zero-order valence-electron chi connectivity index (χ0n) is 18.3. The van der Waals surface area contributed by atoms with Crippen LogP contribution in [0.25, 0.3) is 0 Å². The smallest absolute Gasteiger partial charge is 0.231 e. The molecule has 2 aliphatic rings. The largest absolute Gasteiger partial charge is 0.454 e. The molecule has 5 rings (SSSR count). The van der Waals surface area contributed by atoms with E-state index in [1.807, 2.05) is 53.4 Å². The van der Waals surface area contributed by atoms with Crippen molar-refractivity contribution in [1.82, 2.24) is 10.2 Å². The first-order valence-electron chi connectivity index (χ1n) is 11.3. The van der Waals surface area contributed by atoms with Gasteiger partial charge >= 0.3 is 0 Å². The summed E-state index contributed by atoms with van der Waals surface area (Å²) in [5, 5.41) is 2.90. The number of carbonyl (C=O) groups is 2. The first-order chi connectivity index (χ1) is 16.2. The first-order valence-corrected chi connectivity index (χ1v) is 11.3. The maximum atomic E-state index is 13.2. The van der Waals surface area contributed by atoms with Crippen molar-refractivity contribution in [2.75, 3.05) is 13.3 Å². The summed E-state index contributed by atoms with van der Waals surface area (Å²) in [5.74, 6) is 1.26. The number of carbonyl (C=O) groups excluding carboxylic acids is 2. The molecule has 0 saturated carbocycles. The molecule has 0 saturated heterocycles. The van der Waals surface area contributed by atoms with Crippen LogP contribution in [0.2, 0.25) is 0 Å². The molecule has 6 heteroatoms. The fourth-order valence-corrected chi connectivity index (χ4v) is 4.53. The van der Waals surface area contributed by atoms with E-state index in [2.05, 4.69) is 29.6 Å². The van der Waals surface area contributed by atoms with Crippen LogP contribution in [0.4, 0.5) is 0 Å². The number of hydrogen-bond acceptors (Lipinski definition) is 4. The van der Waals surface area contributed by atoms with E-state index >= 15 is 0 Å². The molecular weight excluding hydrogens is 416 g/mol. The number of benzene rings is 3. The molecule has 3 aromatic carbocycles. The topological polar surface area (TPSA) is 67.9 Å². The fraction of sp³-hybridized carbons (Fsp3) is 0.259. The van der Waals surface area contributed by atoms with E-state index in [4.69, 9.17) is 9.47 Å². The maximum absolute atomic E-state index is 13.2. The molecule has 0 radical (unpaired) electrons. The molecule has 1 atom stereocenters. The third-order valence-electron chi connectivity index (χ3n) is 6.21. The van der Waals surface area contributed by atoms with Gasteiger partial charge in [0, 0.05) is 25.9 Å². The van der Waals surface area contributed by atoms with Crippen LogP contribution < -0.4 is 14.8 Å². The molecule has 0 aromatic heterocycles. The van der Waals surface area contributed by atoms with E-state index in [9.17, 15) is 9.59 Å². The second-order valence-electron chi connectivity index (χ2n) is 8.31. The van der Waals surface area contributed by atoms with Crippen molar-refractivity contribution < 1.29 is 19.1 Å². The summed E-state index contributed by atoms with van der Waals surface area (Å²) in [6.07, 6.45) is 1.16. The number of nitrogens with zero attached hydrogens (tertiary/aromatic N) is 1. The van der Waals surface area contributed by atoms with Crippen molar-refractivity contribution in [1.29, 1.82) is 0 Å². The number of nitrogens with one attached hydrogen (secondary N) is 1. The summed E-state index contributed by atoms with van der Waals surface area (Å²) >= 11 is 0. The van der Waals surface area contributed by atoms with Crippen LogP contribution in [0.5, 0.6) is 11.5 Å². The van der Waals surface area contributed by atoms with E-state index in [-0.39, 0.29) is 37.5 Å². The van der Waals surface area contributed by atoms with Gasteiger partial charge < -0.3 is 19.7 Å². The molecule has 1 N–H and O–H groups in total. The van der Waals surface area contributed by atoms with Crippen LogP contribution in [-0.2, 0) is 22.6 Å². The van der Waals surface area contributed by atoms with Gasteiger partial charge in [0.1, 0.15) is 0 Å². The summed E-state index contributed by atoms with van der Waals surface area (Å²) in [7, 11) is 0. The minimum Gasteiger partial charge on any atom is -0.454 e. The predicted molar refractivity (Wildman–Crippen MR) is 124 cm³/mol. The van der Waals surface area contributed by atoms with E-state index in [0.717, 1.165) is 23.1 Å². The van der Waals surface area contributed by atoms with Crippen molar-refractivity contribution in [3.63, 3.8) is 0 Å². The molecule has 2 heterocycles. The molecule has 0 aliphatic carbocycles. The summed E-state index contributed by atoms with van der Waals surface area (Å²) in [5.41, 5.74) is 4.45. The van der Waals surface area contributed by atoms with Gasteiger partial charge in [-0.1, -0.05) is 60.7 Å². The monoisotopic (exact) mass is 442 g/mol. The molecule has 3 aromatic rings. The standard InChI is InChI=1S/C27H26N2O4/c30-25(28-17-19-10-11-23-24(16-19)33-18-32-23)12-13-26(31)29-15-14-20-6-4-5-9-22(20)27(29)21-7-2-1-3-8-21/h1-11,16,27H,12-15,17-18H2,(H,28,30). The minimum atomic E-state index is -0.144. The van der Waals surface area contributed by atoms with Crippen LogP contribution in [0, 0.1) is 0 Å². The molecule has 6 nitrogen and oxygen atoms in total. The highest BCUT2D eigenvalue weighted by Crippen LogP contribution is 2.35. The predicted octanol–water partition coefficient (Wildman–Crippen LogP) is 3.99. The van der Waals surface area contributed by atoms with Gasteiger partial charge in [-0.05, 0) is 40.8 Å². The van der Waals surface area contributed by atoms with Gasteiger partial charge in [0.2, 0.25) is 18.6 Å². The number of ether oxygens (including phenoxy) is 2. The van der Waals surface area contributed by atoms with Gasteiger partial charge in [0.25, 0.3) is 0 Å². The third-order valence-corrected chi connectivity index (χ3v) is 6.21. The molecule has 2 aliphatic heterocycles. The first kappa shape index (κ1) is 21.1. The van der Waals surface area contributed by atoms with Crippen LogP contribution in [0.1, 0.15) is 41.1 Å². The summed E-state index contributed by atoms with van der Waals surface area (Å²) in [6, 6.07) is 23.9. The highest BCUT2D eigenvalue weighted by molar-refractivity contribution is 5.84. The SMILES string of the molecule is O=C(CCC(=O)N1CCc2ccccc2C1c1ccccc1)NCc1ccc2c(c1)OCO2. The fourth-order valence-electron chi connectivity index (χ4n) is 4.53. The summed E-state index contributed by atoms with van der Waals surface area (Å²) < 4.78 is 10.7. The average Bonchev–Trinajstić information content (AvgIpc) is 3.34. The Hall–Kier alpha value is -3.80. The second kappa shape index (κ2) is 9.36. The molecule has 2 amide bonds. The minimum absolute atomic E-state index is 0.00316. The van der Waals surface area contributed by atoms with Crippen molar-refractivity contribution in [3.05, 3.63) is 95.1 Å². The van der Waals surface area contributed by atoms with Gasteiger partial charge in [0.05, 0.1) is 6.04 Å². The average molecular weight is 443 g/mol. The van der Waals surface area contributed by atoms with Crippen LogP contribution >= 0.6 is 0 Å². The Kier molecular flexibility index (Phi) is 5.98. The molecule has 1 unspecified atom stereocenters. The number of rotatable bonds is 6. The van der Waals surface area contributed by atoms with E-state index in [1.54, 1.807) is 0 Å².